The SMILES string of the molecule is O=C(O)C1CN(C(=O)c2n[nH]c3ccccc23)Cc2ccccc21. The quantitative estimate of drug-likeness (QED) is 0.759. The zero-order valence-corrected chi connectivity index (χ0v) is 12.8. The van der Waals surface area contributed by atoms with Gasteiger partial charge in [0, 0.05) is 18.5 Å². The van der Waals surface area contributed by atoms with E-state index < -0.39 is 11.9 Å². The highest BCUT2D eigenvalue weighted by molar-refractivity contribution is 6.04. The van der Waals surface area contributed by atoms with Gasteiger partial charge in [-0.15, -0.1) is 0 Å². The molecule has 120 valence electrons. The number of carbonyl (C=O) groups excluding carboxylic acids is 1. The number of hydrogen-bond acceptors (Lipinski definition) is 3. The summed E-state index contributed by atoms with van der Waals surface area (Å²) in [6.07, 6.45) is 0. The minimum absolute atomic E-state index is 0.145. The fraction of sp³-hybridized carbons (Fsp3) is 0.167. The summed E-state index contributed by atoms with van der Waals surface area (Å²) in [7, 11) is 0. The van der Waals surface area contributed by atoms with E-state index in [1.54, 1.807) is 4.90 Å². The summed E-state index contributed by atoms with van der Waals surface area (Å²) in [5.41, 5.74) is 2.76. The van der Waals surface area contributed by atoms with Gasteiger partial charge in [0.25, 0.3) is 5.91 Å². The first-order valence-corrected chi connectivity index (χ1v) is 7.68. The van der Waals surface area contributed by atoms with Crippen LogP contribution in [0.1, 0.15) is 27.5 Å². The molecule has 1 unspecified atom stereocenters. The van der Waals surface area contributed by atoms with Crippen LogP contribution in [-0.4, -0.2) is 38.6 Å². The lowest BCUT2D eigenvalue weighted by atomic mass is 9.89. The minimum atomic E-state index is -0.924. The number of nitrogens with zero attached hydrogens (tertiary/aromatic N) is 2. The predicted octanol–water partition coefficient (Wildman–Crippen LogP) is 2.39. The van der Waals surface area contributed by atoms with Crippen LogP contribution in [0.3, 0.4) is 0 Å². The third kappa shape index (κ3) is 2.23. The van der Waals surface area contributed by atoms with Gasteiger partial charge in [-0.05, 0) is 17.2 Å². The number of fused-ring (bicyclic) bond motifs is 2. The molecule has 0 radical (unpaired) electrons. The molecule has 0 spiro atoms. The summed E-state index contributed by atoms with van der Waals surface area (Å²) in [5.74, 6) is -1.90. The van der Waals surface area contributed by atoms with Gasteiger partial charge in [-0.25, -0.2) is 0 Å². The number of aromatic amines is 1. The molecule has 1 atom stereocenters. The Bertz CT molecular complexity index is 947. The fourth-order valence-electron chi connectivity index (χ4n) is 3.25. The molecule has 1 amide bonds. The van der Waals surface area contributed by atoms with Crippen LogP contribution in [0.15, 0.2) is 48.5 Å². The van der Waals surface area contributed by atoms with Crippen molar-refractivity contribution in [1.82, 2.24) is 15.1 Å². The molecule has 0 saturated heterocycles. The molecule has 3 aromatic rings. The molecule has 0 fully saturated rings. The molecule has 6 nitrogen and oxygen atoms in total. The number of H-pyrrole nitrogens is 1. The molecular formula is C18H15N3O3. The standard InChI is InChI=1S/C18H15N3O3/c22-17(16-13-7-3-4-8-15(13)19-20-16)21-9-11-5-1-2-6-12(11)14(10-21)18(23)24/h1-8,14H,9-10H2,(H,19,20)(H,23,24). The molecule has 1 aliphatic rings. The molecular weight excluding hydrogens is 306 g/mol. The average molecular weight is 321 g/mol. The van der Waals surface area contributed by atoms with Crippen molar-refractivity contribution < 1.29 is 14.7 Å². The normalized spacial score (nSPS) is 16.8. The van der Waals surface area contributed by atoms with E-state index in [0.717, 1.165) is 22.0 Å². The molecule has 24 heavy (non-hydrogen) atoms. The van der Waals surface area contributed by atoms with Gasteiger partial charge in [-0.1, -0.05) is 42.5 Å². The Kier molecular flexibility index (Phi) is 3.30. The Morgan fingerprint density at radius 3 is 2.71 bits per heavy atom. The molecule has 2 heterocycles. The Hall–Kier alpha value is -3.15. The van der Waals surface area contributed by atoms with Gasteiger partial charge < -0.3 is 10.0 Å². The van der Waals surface area contributed by atoms with Crippen LogP contribution < -0.4 is 0 Å². The summed E-state index contributed by atoms with van der Waals surface area (Å²) in [6.45, 7) is 0.534. The van der Waals surface area contributed by atoms with Gasteiger partial charge in [0.2, 0.25) is 0 Å². The summed E-state index contributed by atoms with van der Waals surface area (Å²) in [5, 5.41) is 17.3. The molecule has 1 aliphatic heterocycles. The zero-order chi connectivity index (χ0) is 16.7. The monoisotopic (exact) mass is 321 g/mol. The van der Waals surface area contributed by atoms with E-state index in [2.05, 4.69) is 10.2 Å². The van der Waals surface area contributed by atoms with Crippen LogP contribution in [0.2, 0.25) is 0 Å². The van der Waals surface area contributed by atoms with E-state index in [1.165, 1.54) is 0 Å². The van der Waals surface area contributed by atoms with Gasteiger partial charge >= 0.3 is 5.97 Å². The third-order valence-electron chi connectivity index (χ3n) is 4.45. The highest BCUT2D eigenvalue weighted by atomic mass is 16.4. The highest BCUT2D eigenvalue weighted by Crippen LogP contribution is 2.30. The van der Waals surface area contributed by atoms with E-state index >= 15 is 0 Å². The van der Waals surface area contributed by atoms with E-state index in [1.807, 2.05) is 48.5 Å². The molecule has 0 aliphatic carbocycles. The van der Waals surface area contributed by atoms with Gasteiger partial charge in [0.05, 0.1) is 11.4 Å². The van der Waals surface area contributed by atoms with Crippen molar-refractivity contribution in [1.29, 1.82) is 0 Å². The number of benzene rings is 2. The molecule has 2 N–H and O–H groups in total. The number of amides is 1. The predicted molar refractivity (Wildman–Crippen MR) is 87.7 cm³/mol. The van der Waals surface area contributed by atoms with Crippen molar-refractivity contribution in [2.75, 3.05) is 6.54 Å². The number of aromatic nitrogens is 2. The summed E-state index contributed by atoms with van der Waals surface area (Å²) >= 11 is 0. The maximum Gasteiger partial charge on any atom is 0.312 e. The number of carboxylic acid groups (broad SMARTS) is 1. The number of hydrogen-bond donors (Lipinski definition) is 2. The lowest BCUT2D eigenvalue weighted by Crippen LogP contribution is -2.40. The maximum absolute atomic E-state index is 12.9. The van der Waals surface area contributed by atoms with Crippen molar-refractivity contribution >= 4 is 22.8 Å². The third-order valence-corrected chi connectivity index (χ3v) is 4.45. The van der Waals surface area contributed by atoms with Gasteiger partial charge in [0.15, 0.2) is 5.69 Å². The van der Waals surface area contributed by atoms with Crippen LogP contribution in [-0.2, 0) is 11.3 Å². The van der Waals surface area contributed by atoms with Crippen LogP contribution in [0.5, 0.6) is 0 Å². The second kappa shape index (κ2) is 5.49. The van der Waals surface area contributed by atoms with Crippen molar-refractivity contribution in [3.63, 3.8) is 0 Å². The Balaban J connectivity index is 1.72. The highest BCUT2D eigenvalue weighted by Gasteiger charge is 2.33. The zero-order valence-electron chi connectivity index (χ0n) is 12.8. The van der Waals surface area contributed by atoms with Gasteiger partial charge in [0.1, 0.15) is 0 Å². The molecule has 0 saturated carbocycles. The van der Waals surface area contributed by atoms with Crippen LogP contribution >= 0.6 is 0 Å². The smallest absolute Gasteiger partial charge is 0.312 e. The Morgan fingerprint density at radius 1 is 1.12 bits per heavy atom. The van der Waals surface area contributed by atoms with E-state index in [0.29, 0.717) is 12.2 Å². The van der Waals surface area contributed by atoms with E-state index in [-0.39, 0.29) is 12.5 Å². The summed E-state index contributed by atoms with van der Waals surface area (Å²) < 4.78 is 0. The number of carboxylic acids is 1. The second-order valence-corrected chi connectivity index (χ2v) is 5.89. The Morgan fingerprint density at radius 2 is 1.88 bits per heavy atom. The Labute approximate surface area is 137 Å². The first-order valence-electron chi connectivity index (χ1n) is 7.68. The molecule has 0 bridgehead atoms. The molecule has 2 aromatic carbocycles. The average Bonchev–Trinajstić information content (AvgIpc) is 3.04. The topological polar surface area (TPSA) is 86.3 Å². The molecule has 4 rings (SSSR count). The van der Waals surface area contributed by atoms with Crippen LogP contribution in [0.4, 0.5) is 0 Å². The summed E-state index contributed by atoms with van der Waals surface area (Å²) in [6, 6.07) is 14.8. The summed E-state index contributed by atoms with van der Waals surface area (Å²) in [4.78, 5) is 26.1. The number of para-hydroxylation sites is 1. The van der Waals surface area contributed by atoms with Crippen molar-refractivity contribution in [2.45, 2.75) is 12.5 Å². The first-order chi connectivity index (χ1) is 11.6. The van der Waals surface area contributed by atoms with Crippen molar-refractivity contribution in [2.24, 2.45) is 0 Å². The largest absolute Gasteiger partial charge is 0.481 e. The number of carbonyl (C=O) groups is 2. The van der Waals surface area contributed by atoms with Crippen molar-refractivity contribution in [3.05, 3.63) is 65.4 Å². The lowest BCUT2D eigenvalue weighted by molar-refractivity contribution is -0.139. The number of nitrogens with one attached hydrogen (secondary N) is 1. The van der Waals surface area contributed by atoms with Gasteiger partial charge in [-0.2, -0.15) is 5.10 Å². The van der Waals surface area contributed by atoms with E-state index in [9.17, 15) is 14.7 Å². The number of rotatable bonds is 2. The first kappa shape index (κ1) is 14.4. The van der Waals surface area contributed by atoms with E-state index in [4.69, 9.17) is 0 Å². The van der Waals surface area contributed by atoms with Crippen LogP contribution in [0, 0.1) is 0 Å². The molecule has 6 heteroatoms. The van der Waals surface area contributed by atoms with Crippen molar-refractivity contribution in [3.8, 4) is 0 Å². The minimum Gasteiger partial charge on any atom is -0.481 e. The number of aliphatic carboxylic acids is 1. The van der Waals surface area contributed by atoms with Crippen LogP contribution in [0.25, 0.3) is 10.9 Å². The second-order valence-electron chi connectivity index (χ2n) is 5.89. The van der Waals surface area contributed by atoms with Gasteiger partial charge in [-0.3, -0.25) is 14.7 Å². The molecule has 1 aromatic heterocycles. The fourth-order valence-corrected chi connectivity index (χ4v) is 3.25. The lowest BCUT2D eigenvalue weighted by Gasteiger charge is -2.32. The maximum atomic E-state index is 12.9.